The Morgan fingerprint density at radius 3 is 2.48 bits per heavy atom. The van der Waals surface area contributed by atoms with Crippen molar-refractivity contribution in [2.45, 2.75) is 106 Å². The molecule has 0 spiro atoms. The fourth-order valence-corrected chi connectivity index (χ4v) is 10.4. The molecule has 224 valence electrons. The summed E-state index contributed by atoms with van der Waals surface area (Å²) in [6.07, 6.45) is 0.297. The van der Waals surface area contributed by atoms with Crippen molar-refractivity contribution >= 4 is 5.97 Å². The highest BCUT2D eigenvalue weighted by Crippen LogP contribution is 2.70. The van der Waals surface area contributed by atoms with E-state index in [-0.39, 0.29) is 55.9 Å². The van der Waals surface area contributed by atoms with Crippen LogP contribution in [0.2, 0.25) is 0 Å². The van der Waals surface area contributed by atoms with Gasteiger partial charge >= 0.3 is 5.97 Å². The van der Waals surface area contributed by atoms with Gasteiger partial charge in [-0.1, -0.05) is 6.92 Å². The van der Waals surface area contributed by atoms with E-state index in [1.54, 1.807) is 0 Å². The van der Waals surface area contributed by atoms with E-state index in [1.807, 2.05) is 6.92 Å². The minimum absolute atomic E-state index is 0.00520. The van der Waals surface area contributed by atoms with Gasteiger partial charge in [0.15, 0.2) is 0 Å². The van der Waals surface area contributed by atoms with Crippen molar-refractivity contribution in [1.82, 2.24) is 0 Å². The van der Waals surface area contributed by atoms with Gasteiger partial charge in [-0.15, -0.1) is 0 Å². The zero-order chi connectivity index (χ0) is 28.2. The maximum atomic E-state index is 12.5. The first kappa shape index (κ1) is 27.7. The average Bonchev–Trinajstić information content (AvgIpc) is 3.48. The van der Waals surface area contributed by atoms with Gasteiger partial charge in [0.05, 0.1) is 36.6 Å². The van der Waals surface area contributed by atoms with Gasteiger partial charge in [-0.2, -0.15) is 0 Å². The van der Waals surface area contributed by atoms with Crippen molar-refractivity contribution in [3.8, 4) is 0 Å². The molecule has 0 bridgehead atoms. The largest absolute Gasteiger partial charge is 0.458 e. The van der Waals surface area contributed by atoms with Crippen LogP contribution in [0.5, 0.6) is 0 Å². The maximum Gasteiger partial charge on any atom is 0.331 e. The molecule has 11 heteroatoms. The van der Waals surface area contributed by atoms with Gasteiger partial charge in [0.25, 0.3) is 0 Å². The molecule has 2 saturated heterocycles. The minimum Gasteiger partial charge on any atom is -0.458 e. The SMILES string of the molecule is C[C@]12[C@H](O)C[C@H]3[C@@H](CC[C@H]4C[C@H]5O[C@@H]6O[C@H](CO)C[C@H](O)[C@]6(O)O[C@@H]5C[C@@]43CO)[C@@]1(O)CC[C@@H]2C1=CC(=O)OC1. The normalized spacial score (nSPS) is 57.2. The number of ether oxygens (including phenoxy) is 4. The Hall–Kier alpha value is -1.15. The van der Waals surface area contributed by atoms with E-state index in [2.05, 4.69) is 0 Å². The number of aliphatic hydroxyl groups excluding tert-OH is 4. The molecule has 7 aliphatic rings. The average molecular weight is 567 g/mol. The molecule has 0 amide bonds. The summed E-state index contributed by atoms with van der Waals surface area (Å²) in [6, 6.07) is 0. The lowest BCUT2D eigenvalue weighted by Gasteiger charge is -2.66. The predicted molar refractivity (Wildman–Crippen MR) is 135 cm³/mol. The van der Waals surface area contributed by atoms with Crippen LogP contribution in [-0.2, 0) is 23.7 Å². The second kappa shape index (κ2) is 9.17. The molecule has 0 aromatic rings. The molecule has 0 unspecified atom stereocenters. The molecule has 4 saturated carbocycles. The van der Waals surface area contributed by atoms with Crippen molar-refractivity contribution < 1.29 is 54.4 Å². The number of carbonyl (C=O) groups excluding carboxylic acids is 1. The summed E-state index contributed by atoms with van der Waals surface area (Å²) in [4.78, 5) is 11.9. The fourth-order valence-electron chi connectivity index (χ4n) is 10.4. The van der Waals surface area contributed by atoms with Crippen LogP contribution in [0.15, 0.2) is 11.6 Å². The molecule has 6 N–H and O–H groups in total. The van der Waals surface area contributed by atoms with Crippen molar-refractivity contribution in [3.05, 3.63) is 11.6 Å². The summed E-state index contributed by atoms with van der Waals surface area (Å²) in [5.41, 5.74) is -1.88. The summed E-state index contributed by atoms with van der Waals surface area (Å²) >= 11 is 0. The summed E-state index contributed by atoms with van der Waals surface area (Å²) in [7, 11) is 0. The molecule has 3 heterocycles. The number of cyclic esters (lactones) is 1. The Kier molecular flexibility index (Phi) is 6.35. The maximum absolute atomic E-state index is 12.5. The highest BCUT2D eigenvalue weighted by Gasteiger charge is 2.72. The lowest BCUT2D eigenvalue weighted by atomic mass is 9.42. The van der Waals surface area contributed by atoms with Crippen LogP contribution in [-0.4, -0.2) is 105 Å². The van der Waals surface area contributed by atoms with Crippen molar-refractivity contribution in [2.24, 2.45) is 34.5 Å². The van der Waals surface area contributed by atoms with E-state index < -0.39 is 59.0 Å². The Morgan fingerprint density at radius 2 is 1.77 bits per heavy atom. The highest BCUT2D eigenvalue weighted by molar-refractivity contribution is 5.85. The molecular weight excluding hydrogens is 524 g/mol. The molecular formula is C29H42O11. The molecule has 3 aliphatic heterocycles. The first-order valence-corrected chi connectivity index (χ1v) is 14.9. The number of esters is 1. The van der Waals surface area contributed by atoms with E-state index in [0.717, 1.165) is 18.4 Å². The van der Waals surface area contributed by atoms with Crippen LogP contribution < -0.4 is 0 Å². The van der Waals surface area contributed by atoms with Gasteiger partial charge in [-0.25, -0.2) is 4.79 Å². The lowest BCUT2D eigenvalue weighted by Crippen LogP contribution is -2.72. The Balaban J connectivity index is 1.19. The van der Waals surface area contributed by atoms with Crippen LogP contribution in [0.4, 0.5) is 0 Å². The van der Waals surface area contributed by atoms with Crippen LogP contribution in [0.3, 0.4) is 0 Å². The van der Waals surface area contributed by atoms with E-state index in [0.29, 0.717) is 32.1 Å². The number of hydrogen-bond acceptors (Lipinski definition) is 11. The minimum atomic E-state index is -2.10. The molecule has 4 aliphatic carbocycles. The summed E-state index contributed by atoms with van der Waals surface area (Å²) in [5, 5.41) is 66.9. The predicted octanol–water partition coefficient (Wildman–Crippen LogP) is -0.263. The first-order chi connectivity index (χ1) is 19.0. The lowest BCUT2D eigenvalue weighted by molar-refractivity contribution is -0.461. The number of fused-ring (bicyclic) bond motifs is 7. The highest BCUT2D eigenvalue weighted by atomic mass is 16.8. The quantitative estimate of drug-likeness (QED) is 0.196. The summed E-state index contributed by atoms with van der Waals surface area (Å²) in [5.74, 6) is -2.97. The number of hydrogen-bond donors (Lipinski definition) is 6. The van der Waals surface area contributed by atoms with Crippen molar-refractivity contribution in [3.63, 3.8) is 0 Å². The molecule has 0 radical (unpaired) electrons. The third-order valence-electron chi connectivity index (χ3n) is 12.5. The van der Waals surface area contributed by atoms with Crippen LogP contribution in [0.25, 0.3) is 0 Å². The topological polar surface area (TPSA) is 175 Å². The van der Waals surface area contributed by atoms with Crippen LogP contribution in [0, 0.1) is 34.5 Å². The molecule has 11 nitrogen and oxygen atoms in total. The number of rotatable bonds is 3. The van der Waals surface area contributed by atoms with Crippen molar-refractivity contribution in [1.29, 1.82) is 0 Å². The molecule has 6 fully saturated rings. The van der Waals surface area contributed by atoms with Crippen LogP contribution in [0.1, 0.15) is 58.3 Å². The second-order valence-electron chi connectivity index (χ2n) is 13.8. The van der Waals surface area contributed by atoms with E-state index in [4.69, 9.17) is 18.9 Å². The van der Waals surface area contributed by atoms with Crippen molar-refractivity contribution in [2.75, 3.05) is 19.8 Å². The van der Waals surface area contributed by atoms with E-state index in [9.17, 15) is 35.4 Å². The third-order valence-corrected chi connectivity index (χ3v) is 12.5. The molecule has 0 aromatic heterocycles. The Labute approximate surface area is 233 Å². The van der Waals surface area contributed by atoms with Gasteiger partial charge < -0.3 is 49.6 Å². The Morgan fingerprint density at radius 1 is 0.975 bits per heavy atom. The molecule has 7 rings (SSSR count). The zero-order valence-corrected chi connectivity index (χ0v) is 22.9. The zero-order valence-electron chi connectivity index (χ0n) is 22.9. The second-order valence-corrected chi connectivity index (χ2v) is 13.8. The number of carbonyl (C=O) groups is 1. The van der Waals surface area contributed by atoms with Gasteiger partial charge in [0, 0.05) is 29.9 Å². The molecule has 0 aromatic carbocycles. The molecule has 40 heavy (non-hydrogen) atoms. The molecule has 14 atom stereocenters. The third kappa shape index (κ3) is 3.47. The first-order valence-electron chi connectivity index (χ1n) is 14.9. The fraction of sp³-hybridized carbons (Fsp3) is 0.897. The summed E-state index contributed by atoms with van der Waals surface area (Å²) in [6.45, 7) is 1.67. The van der Waals surface area contributed by atoms with Gasteiger partial charge in [-0.05, 0) is 74.2 Å². The van der Waals surface area contributed by atoms with Gasteiger partial charge in [0.1, 0.15) is 12.7 Å². The monoisotopic (exact) mass is 566 g/mol. The number of aliphatic hydroxyl groups is 6. The van der Waals surface area contributed by atoms with Crippen LogP contribution >= 0.6 is 0 Å². The smallest absolute Gasteiger partial charge is 0.331 e. The van der Waals surface area contributed by atoms with Gasteiger partial charge in [-0.3, -0.25) is 0 Å². The van der Waals surface area contributed by atoms with E-state index >= 15 is 0 Å². The van der Waals surface area contributed by atoms with E-state index in [1.165, 1.54) is 6.08 Å². The standard InChI is InChI=1S/C29H42O11/c1-26-17(14-6-24(34)37-12-14)4-5-28(26,35)18-3-2-15-7-20-21(10-27(15,13-31)19(18)9-22(26)32)40-29(36)23(33)8-16(11-30)38-25(29)39-20/h6,15-23,25,30-33,35-36H,2-5,7-13H2,1H3/t15-,16-,17+,18+,19-,20+,21+,22+,23-,25-,26-,27+,28-,29-/m0/s1. The Bertz CT molecular complexity index is 1080. The van der Waals surface area contributed by atoms with Gasteiger partial charge in [0.2, 0.25) is 12.1 Å². The summed E-state index contributed by atoms with van der Waals surface area (Å²) < 4.78 is 23.3.